The van der Waals surface area contributed by atoms with Crippen LogP contribution in [0.1, 0.15) is 101 Å². The average Bonchev–Trinajstić information content (AvgIpc) is 3.77. The van der Waals surface area contributed by atoms with Crippen LogP contribution in [0.5, 0.6) is 0 Å². The molecular weight excluding hydrogens is 794 g/mol. The molecule has 2 N–H and O–H groups in total. The van der Waals surface area contributed by atoms with Gasteiger partial charge in [-0.25, -0.2) is 19.2 Å². The third-order valence-electron chi connectivity index (χ3n) is 7.62. The predicted octanol–water partition coefficient (Wildman–Crippen LogP) is 6.98. The molecule has 4 amide bonds. The number of hydrogen-bond donors (Lipinski definition) is 2. The van der Waals surface area contributed by atoms with Gasteiger partial charge in [0.1, 0.15) is 34.9 Å². The number of carbonyl (C=O) groups excluding carboxylic acids is 5. The lowest BCUT2D eigenvalue weighted by atomic mass is 10.2. The topological polar surface area (TPSA) is 172 Å². The molecule has 3 aliphatic rings. The van der Waals surface area contributed by atoms with Crippen molar-refractivity contribution in [2.24, 2.45) is 0 Å². The van der Waals surface area contributed by atoms with Crippen LogP contribution < -0.4 is 5.32 Å². The molecule has 3 saturated heterocycles. The number of hydrogen-bond acceptors (Lipinski definition) is 9. The summed E-state index contributed by atoms with van der Waals surface area (Å²) in [6.45, 7) is 17.3. The molecule has 0 aliphatic carbocycles. The zero-order chi connectivity index (χ0) is 39.6. The summed E-state index contributed by atoms with van der Waals surface area (Å²) in [6.07, 6.45) is 2.15. The second-order valence-corrected chi connectivity index (χ2v) is 16.8. The highest BCUT2D eigenvalue weighted by Gasteiger charge is 2.39. The van der Waals surface area contributed by atoms with Crippen LogP contribution in [-0.4, -0.2) is 111 Å². The number of halogens is 2. The normalized spacial score (nSPS) is 20.1. The summed E-state index contributed by atoms with van der Waals surface area (Å²) in [7, 11) is 0. The van der Waals surface area contributed by atoms with Crippen molar-refractivity contribution in [3.63, 3.8) is 0 Å². The molecule has 292 valence electrons. The van der Waals surface area contributed by atoms with Crippen molar-refractivity contribution in [2.45, 2.75) is 136 Å². The number of likely N-dealkylation sites (tertiary alicyclic amines) is 3. The largest absolute Gasteiger partial charge is 0.480 e. The fourth-order valence-electron chi connectivity index (χ4n) is 5.46. The van der Waals surface area contributed by atoms with Gasteiger partial charge >= 0.3 is 30.3 Å². The number of carbonyl (C=O) groups is 6. The molecule has 0 aromatic heterocycles. The number of nitrogens with zero attached hydrogens (tertiary/aromatic N) is 3. The van der Waals surface area contributed by atoms with Crippen LogP contribution in [0, 0.1) is 3.57 Å². The fourth-order valence-corrected chi connectivity index (χ4v) is 5.98. The summed E-state index contributed by atoms with van der Waals surface area (Å²) in [5, 5.41) is 11.8. The van der Waals surface area contributed by atoms with E-state index in [4.69, 9.17) is 19.3 Å². The number of para-hydroxylation sites is 1. The average molecular weight is 849 g/mol. The zero-order valence-corrected chi connectivity index (χ0v) is 33.8. The summed E-state index contributed by atoms with van der Waals surface area (Å²) in [5.41, 5.74) is -0.994. The first-order chi connectivity index (χ1) is 23.9. The number of carboxylic acids is 1. The van der Waals surface area contributed by atoms with Crippen LogP contribution in [-0.2, 0) is 28.6 Å². The summed E-state index contributed by atoms with van der Waals surface area (Å²) in [4.78, 5) is 73.3. The summed E-state index contributed by atoms with van der Waals surface area (Å²) in [5.74, 6) is -1.12. The molecular formula is C36H54FIN4O10. The number of carboxylic acid groups (broad SMARTS) is 1. The second-order valence-electron chi connectivity index (χ2n) is 15.6. The van der Waals surface area contributed by atoms with Crippen LogP contribution >= 0.6 is 22.6 Å². The molecule has 4 rings (SSSR count). The van der Waals surface area contributed by atoms with E-state index >= 15 is 0 Å². The van der Waals surface area contributed by atoms with Gasteiger partial charge in [0.25, 0.3) is 0 Å². The molecule has 0 spiro atoms. The lowest BCUT2D eigenvalue weighted by molar-refractivity contribution is -0.142. The molecule has 1 aromatic rings. The Labute approximate surface area is 319 Å². The highest BCUT2D eigenvalue weighted by molar-refractivity contribution is 14.1. The number of aliphatic carboxylic acids is 1. The number of rotatable bonds is 4. The Bertz CT molecular complexity index is 1380. The maximum Gasteiger partial charge on any atom is 0.411 e. The molecule has 1 aromatic carbocycles. The second kappa shape index (κ2) is 18.9. The lowest BCUT2D eigenvalue weighted by Gasteiger charge is -2.28. The first-order valence-electron chi connectivity index (χ1n) is 17.4. The van der Waals surface area contributed by atoms with Crippen LogP contribution in [0.25, 0.3) is 0 Å². The van der Waals surface area contributed by atoms with Crippen molar-refractivity contribution in [3.8, 4) is 0 Å². The number of nitrogens with one attached hydrogen (secondary N) is 1. The van der Waals surface area contributed by atoms with Crippen LogP contribution in [0.4, 0.5) is 24.5 Å². The van der Waals surface area contributed by atoms with Crippen molar-refractivity contribution in [1.82, 2.24) is 14.7 Å². The molecule has 0 saturated carbocycles. The van der Waals surface area contributed by atoms with Crippen molar-refractivity contribution >= 4 is 64.5 Å². The molecule has 0 bridgehead atoms. The van der Waals surface area contributed by atoms with Crippen LogP contribution in [0.15, 0.2) is 24.3 Å². The summed E-state index contributed by atoms with van der Waals surface area (Å²) in [6, 6.07) is 3.98. The number of ether oxygens (including phenoxy) is 3. The van der Waals surface area contributed by atoms with E-state index in [9.17, 15) is 33.2 Å². The minimum absolute atomic E-state index is 0.160. The Kier molecular flexibility index (Phi) is 16.1. The molecule has 16 heteroatoms. The number of benzene rings is 1. The fraction of sp³-hybridized carbons (Fsp3) is 0.667. The molecule has 3 atom stereocenters. The van der Waals surface area contributed by atoms with Gasteiger partial charge in [-0.3, -0.25) is 24.3 Å². The number of amides is 4. The highest BCUT2D eigenvalue weighted by Crippen LogP contribution is 2.25. The van der Waals surface area contributed by atoms with Crippen molar-refractivity contribution < 1.29 is 52.5 Å². The molecule has 3 fully saturated rings. The van der Waals surface area contributed by atoms with Gasteiger partial charge in [0.2, 0.25) is 5.91 Å². The van der Waals surface area contributed by atoms with Crippen molar-refractivity contribution in [1.29, 1.82) is 0 Å². The van der Waals surface area contributed by atoms with Crippen molar-refractivity contribution in [3.05, 3.63) is 27.8 Å². The summed E-state index contributed by atoms with van der Waals surface area (Å²) >= 11 is 2.17. The van der Waals surface area contributed by atoms with Gasteiger partial charge in [0.15, 0.2) is 0 Å². The van der Waals surface area contributed by atoms with Gasteiger partial charge in [0.05, 0.1) is 5.69 Å². The van der Waals surface area contributed by atoms with Gasteiger partial charge in [-0.1, -0.05) is 12.1 Å². The van der Waals surface area contributed by atoms with Gasteiger partial charge < -0.3 is 24.6 Å². The zero-order valence-electron chi connectivity index (χ0n) is 31.6. The highest BCUT2D eigenvalue weighted by atomic mass is 127. The molecule has 0 unspecified atom stereocenters. The Morgan fingerprint density at radius 3 is 1.42 bits per heavy atom. The van der Waals surface area contributed by atoms with E-state index in [1.54, 1.807) is 41.5 Å². The first-order valence-corrected chi connectivity index (χ1v) is 18.4. The van der Waals surface area contributed by atoms with E-state index in [1.807, 2.05) is 45.0 Å². The van der Waals surface area contributed by atoms with E-state index in [1.165, 1.54) is 9.80 Å². The molecule has 52 heavy (non-hydrogen) atoms. The van der Waals surface area contributed by atoms with E-state index in [-0.39, 0.29) is 5.91 Å². The third-order valence-corrected chi connectivity index (χ3v) is 8.56. The van der Waals surface area contributed by atoms with Gasteiger partial charge in [-0.05, 0) is 136 Å². The van der Waals surface area contributed by atoms with Gasteiger partial charge in [-0.15, -0.1) is 0 Å². The predicted molar refractivity (Wildman–Crippen MR) is 199 cm³/mol. The first kappa shape index (κ1) is 44.5. The Morgan fingerprint density at radius 2 is 1.04 bits per heavy atom. The van der Waals surface area contributed by atoms with E-state index in [2.05, 4.69) is 27.9 Å². The SMILES string of the molecule is CC(C)(C)OC(=O)N1CCC[C@H]1C(=O)F.CC(C)(C)OC(=O)N1CCC[C@H]1C(=O)Nc1ccccc1I.CC(C)(C)OC(=O)N1CCC[C@H]1C(=O)O. The van der Waals surface area contributed by atoms with Gasteiger partial charge in [0, 0.05) is 23.2 Å². The maximum atomic E-state index is 12.6. The van der Waals surface area contributed by atoms with Gasteiger partial charge in [-0.2, -0.15) is 4.39 Å². The van der Waals surface area contributed by atoms with Crippen LogP contribution in [0.3, 0.4) is 0 Å². The Balaban J connectivity index is 0.000000279. The minimum Gasteiger partial charge on any atom is -0.480 e. The Hall–Kier alpha value is -3.70. The van der Waals surface area contributed by atoms with Crippen LogP contribution in [0.2, 0.25) is 0 Å². The molecule has 0 radical (unpaired) electrons. The monoisotopic (exact) mass is 848 g/mol. The molecule has 3 aliphatic heterocycles. The standard InChI is InChI=1S/C16H21IN2O3.C10H16FNO3.C10H17NO4/c1-16(2,3)22-15(21)19-10-6-9-13(19)14(20)18-12-8-5-4-7-11(12)17;1-10(2,3)15-9(14)12-6-4-5-7(12)8(11)13;1-10(2,3)15-9(14)11-6-4-5-7(11)8(12)13/h4-5,7-8,13H,6,9-10H2,1-3H3,(H,18,20);7H,4-6H2,1-3H3;7H,4-6H2,1-3H3,(H,12,13)/t13-;2*7-/m000/s1. The number of anilines is 1. The van der Waals surface area contributed by atoms with Crippen molar-refractivity contribution in [2.75, 3.05) is 25.0 Å². The summed E-state index contributed by atoms with van der Waals surface area (Å²) < 4.78 is 29.1. The maximum absolute atomic E-state index is 12.6. The van der Waals surface area contributed by atoms with E-state index in [0.717, 1.165) is 27.0 Å². The third kappa shape index (κ3) is 14.7. The van der Waals surface area contributed by atoms with E-state index < -0.39 is 65.2 Å². The minimum atomic E-state index is -1.46. The Morgan fingerprint density at radius 1 is 0.673 bits per heavy atom. The lowest BCUT2D eigenvalue weighted by Crippen LogP contribution is -2.45. The smallest absolute Gasteiger partial charge is 0.411 e. The van der Waals surface area contributed by atoms with E-state index in [0.29, 0.717) is 45.3 Å². The quantitative estimate of drug-likeness (QED) is 0.183. The molecule has 3 heterocycles. The molecule has 14 nitrogen and oxygen atoms in total.